The Hall–Kier alpha value is -0.920. The van der Waals surface area contributed by atoms with Gasteiger partial charge in [-0.15, -0.1) is 0 Å². The van der Waals surface area contributed by atoms with Gasteiger partial charge < -0.3 is 0 Å². The Morgan fingerprint density at radius 2 is 1.82 bits per heavy atom. The van der Waals surface area contributed by atoms with E-state index in [-0.39, 0.29) is 6.54 Å². The predicted molar refractivity (Wildman–Crippen MR) is 59.4 cm³/mol. The molecule has 17 heavy (non-hydrogen) atoms. The molecule has 0 heterocycles. The molecule has 96 valence electrons. The van der Waals surface area contributed by atoms with Crippen LogP contribution in [0.25, 0.3) is 0 Å². The largest absolute Gasteiger partial charge is 0.401 e. The minimum atomic E-state index is -4.20. The van der Waals surface area contributed by atoms with E-state index in [0.29, 0.717) is 10.5 Å². The minimum Gasteiger partial charge on any atom is -0.294 e. The van der Waals surface area contributed by atoms with Crippen molar-refractivity contribution in [2.24, 2.45) is 5.14 Å². The Balaban J connectivity index is 2.60. The normalized spacial score (nSPS) is 14.0. The Bertz CT molecular complexity index is 392. The smallest absolute Gasteiger partial charge is 0.294 e. The fourth-order valence-corrected chi connectivity index (χ4v) is 1.81. The third-order valence-corrected chi connectivity index (χ3v) is 2.79. The lowest BCUT2D eigenvalue weighted by Gasteiger charge is -2.18. The van der Waals surface area contributed by atoms with Gasteiger partial charge in [0.1, 0.15) is 11.0 Å². The topological polar surface area (TPSA) is 46.3 Å². The van der Waals surface area contributed by atoms with Crippen molar-refractivity contribution in [3.8, 4) is 0 Å². The minimum absolute atomic E-state index is 0.178. The van der Waals surface area contributed by atoms with Gasteiger partial charge in [-0.2, -0.15) is 13.2 Å². The van der Waals surface area contributed by atoms with Gasteiger partial charge in [0.25, 0.3) is 0 Å². The Morgan fingerprint density at radius 3 is 2.24 bits per heavy atom. The summed E-state index contributed by atoms with van der Waals surface area (Å²) in [5.74, 6) is 0. The molecule has 1 atom stereocenters. The standard InChI is InChI=1S/C10H13F3N2OS/c1-15(7-10(11,12)13)6-8-2-4-9(5-3-8)17(14)16/h2-5H,6-7,14H2,1H3. The molecule has 0 saturated heterocycles. The molecular weight excluding hydrogens is 253 g/mol. The molecule has 0 fully saturated rings. The van der Waals surface area contributed by atoms with Crippen LogP contribution in [0, 0.1) is 0 Å². The fraction of sp³-hybridized carbons (Fsp3) is 0.400. The van der Waals surface area contributed by atoms with Crippen molar-refractivity contribution >= 4 is 11.0 Å². The van der Waals surface area contributed by atoms with E-state index >= 15 is 0 Å². The molecule has 0 spiro atoms. The van der Waals surface area contributed by atoms with Crippen molar-refractivity contribution in [1.29, 1.82) is 0 Å². The number of alkyl halides is 3. The van der Waals surface area contributed by atoms with Crippen molar-refractivity contribution in [1.82, 2.24) is 4.90 Å². The first-order valence-corrected chi connectivity index (χ1v) is 5.99. The van der Waals surface area contributed by atoms with Gasteiger partial charge in [-0.05, 0) is 24.7 Å². The van der Waals surface area contributed by atoms with E-state index in [0.717, 1.165) is 4.90 Å². The molecule has 2 N–H and O–H groups in total. The SMILES string of the molecule is CN(Cc1ccc(S(N)=O)cc1)CC(F)(F)F. The number of halogens is 3. The monoisotopic (exact) mass is 266 g/mol. The summed E-state index contributed by atoms with van der Waals surface area (Å²) >= 11 is 0. The van der Waals surface area contributed by atoms with Gasteiger partial charge in [-0.25, -0.2) is 9.35 Å². The Morgan fingerprint density at radius 1 is 1.29 bits per heavy atom. The van der Waals surface area contributed by atoms with Gasteiger partial charge in [0.05, 0.1) is 11.4 Å². The van der Waals surface area contributed by atoms with Gasteiger partial charge in [0.15, 0.2) is 0 Å². The number of rotatable bonds is 4. The molecule has 0 saturated carbocycles. The van der Waals surface area contributed by atoms with Crippen LogP contribution in [-0.2, 0) is 17.5 Å². The second kappa shape index (κ2) is 5.61. The van der Waals surface area contributed by atoms with Crippen molar-refractivity contribution in [2.45, 2.75) is 17.6 Å². The molecule has 1 aromatic rings. The number of hydrogen-bond donors (Lipinski definition) is 1. The van der Waals surface area contributed by atoms with E-state index in [1.165, 1.54) is 7.05 Å². The van der Waals surface area contributed by atoms with Crippen LogP contribution in [0.2, 0.25) is 0 Å². The van der Waals surface area contributed by atoms with E-state index in [4.69, 9.17) is 5.14 Å². The quantitative estimate of drug-likeness (QED) is 0.901. The van der Waals surface area contributed by atoms with Gasteiger partial charge >= 0.3 is 6.18 Å². The summed E-state index contributed by atoms with van der Waals surface area (Å²) in [6.07, 6.45) is -4.20. The van der Waals surface area contributed by atoms with Gasteiger partial charge in [-0.3, -0.25) is 4.90 Å². The van der Waals surface area contributed by atoms with E-state index in [1.54, 1.807) is 24.3 Å². The summed E-state index contributed by atoms with van der Waals surface area (Å²) in [7, 11) is -0.168. The maximum absolute atomic E-state index is 12.1. The molecule has 3 nitrogen and oxygen atoms in total. The van der Waals surface area contributed by atoms with Crippen LogP contribution < -0.4 is 5.14 Å². The molecule has 0 aliphatic rings. The average molecular weight is 266 g/mol. The zero-order valence-electron chi connectivity index (χ0n) is 9.20. The second-order valence-corrected chi connectivity index (χ2v) is 4.80. The number of nitrogens with two attached hydrogens (primary N) is 1. The van der Waals surface area contributed by atoms with Gasteiger partial charge in [0.2, 0.25) is 0 Å². The lowest BCUT2D eigenvalue weighted by molar-refractivity contribution is -0.144. The van der Waals surface area contributed by atoms with Crippen molar-refractivity contribution in [3.63, 3.8) is 0 Å². The number of hydrogen-bond acceptors (Lipinski definition) is 2. The first kappa shape index (κ1) is 14.1. The highest BCUT2D eigenvalue weighted by Gasteiger charge is 2.28. The number of nitrogens with zero attached hydrogens (tertiary/aromatic N) is 1. The first-order valence-electron chi connectivity index (χ1n) is 4.78. The Labute approximate surface area is 100.0 Å². The third kappa shape index (κ3) is 5.29. The van der Waals surface area contributed by atoms with Crippen LogP contribution in [0.4, 0.5) is 13.2 Å². The Kier molecular flexibility index (Phi) is 4.67. The molecule has 0 aromatic heterocycles. The summed E-state index contributed by atoms with van der Waals surface area (Å²) in [5.41, 5.74) is 0.714. The van der Waals surface area contributed by atoms with Crippen LogP contribution in [0.3, 0.4) is 0 Å². The molecule has 0 bridgehead atoms. The first-order chi connectivity index (χ1) is 7.78. The molecule has 7 heteroatoms. The molecule has 0 amide bonds. The van der Waals surface area contributed by atoms with E-state index < -0.39 is 23.7 Å². The zero-order valence-corrected chi connectivity index (χ0v) is 10.0. The van der Waals surface area contributed by atoms with Crippen LogP contribution in [-0.4, -0.2) is 28.9 Å². The van der Waals surface area contributed by atoms with Crippen molar-refractivity contribution in [2.75, 3.05) is 13.6 Å². The lowest BCUT2D eigenvalue weighted by atomic mass is 10.2. The van der Waals surface area contributed by atoms with Crippen LogP contribution in [0.1, 0.15) is 5.56 Å². The molecule has 1 aromatic carbocycles. The van der Waals surface area contributed by atoms with Crippen LogP contribution >= 0.6 is 0 Å². The summed E-state index contributed by atoms with van der Waals surface area (Å²) < 4.78 is 47.1. The van der Waals surface area contributed by atoms with Gasteiger partial charge in [-0.1, -0.05) is 12.1 Å². The highest BCUT2D eigenvalue weighted by atomic mass is 32.2. The summed E-state index contributed by atoms with van der Waals surface area (Å²) in [6, 6.07) is 6.33. The molecule has 0 aliphatic carbocycles. The van der Waals surface area contributed by atoms with Crippen molar-refractivity contribution in [3.05, 3.63) is 29.8 Å². The van der Waals surface area contributed by atoms with Crippen LogP contribution in [0.5, 0.6) is 0 Å². The molecule has 1 rings (SSSR count). The highest BCUT2D eigenvalue weighted by molar-refractivity contribution is 7.82. The van der Waals surface area contributed by atoms with E-state index in [9.17, 15) is 17.4 Å². The summed E-state index contributed by atoms with van der Waals surface area (Å²) in [4.78, 5) is 1.61. The molecule has 0 radical (unpaired) electrons. The lowest BCUT2D eigenvalue weighted by Crippen LogP contribution is -2.30. The zero-order chi connectivity index (χ0) is 13.1. The van der Waals surface area contributed by atoms with Crippen molar-refractivity contribution < 1.29 is 17.4 Å². The van der Waals surface area contributed by atoms with Gasteiger partial charge in [0, 0.05) is 6.54 Å². The maximum atomic E-state index is 12.1. The summed E-state index contributed by atoms with van der Waals surface area (Å²) in [5, 5.41) is 5.16. The molecular formula is C10H13F3N2OS. The highest BCUT2D eigenvalue weighted by Crippen LogP contribution is 2.17. The molecule has 0 aliphatic heterocycles. The van der Waals surface area contributed by atoms with E-state index in [1.807, 2.05) is 0 Å². The fourth-order valence-electron chi connectivity index (χ4n) is 1.40. The average Bonchev–Trinajstić information content (AvgIpc) is 2.15. The third-order valence-electron chi connectivity index (χ3n) is 2.06. The summed E-state index contributed by atoms with van der Waals surface area (Å²) in [6.45, 7) is -0.783. The predicted octanol–water partition coefficient (Wildman–Crippen LogP) is 1.66. The molecule has 1 unspecified atom stereocenters. The van der Waals surface area contributed by atoms with E-state index in [2.05, 4.69) is 0 Å². The second-order valence-electron chi connectivity index (χ2n) is 3.73. The maximum Gasteiger partial charge on any atom is 0.401 e. The van der Waals surface area contributed by atoms with Crippen LogP contribution in [0.15, 0.2) is 29.2 Å². The number of benzene rings is 1.